The van der Waals surface area contributed by atoms with Gasteiger partial charge in [-0.05, 0) is 17.7 Å². The number of rotatable bonds is 5. The Bertz CT molecular complexity index is 659. The number of benzene rings is 2. The SMILES string of the molecule is N=N.O=C1c2ccccc2C(=O)N1CCOCc1ccccc1.[HH]. The van der Waals surface area contributed by atoms with Gasteiger partial charge in [-0.3, -0.25) is 14.5 Å². The molecule has 0 fully saturated rings. The average molecular weight is 313 g/mol. The summed E-state index contributed by atoms with van der Waals surface area (Å²) < 4.78 is 5.53. The molecule has 1 aliphatic heterocycles. The van der Waals surface area contributed by atoms with Gasteiger partial charge in [0, 0.05) is 1.43 Å². The van der Waals surface area contributed by atoms with Crippen LogP contribution >= 0.6 is 0 Å². The summed E-state index contributed by atoms with van der Waals surface area (Å²) in [5, 5.41) is 0. The smallest absolute Gasteiger partial charge is 0.261 e. The molecule has 0 aromatic heterocycles. The zero-order chi connectivity index (χ0) is 16.7. The fourth-order valence-corrected chi connectivity index (χ4v) is 2.36. The molecule has 0 radical (unpaired) electrons. The molecule has 0 bridgehead atoms. The van der Waals surface area contributed by atoms with Crippen molar-refractivity contribution in [2.45, 2.75) is 6.61 Å². The maximum Gasteiger partial charge on any atom is 0.261 e. The number of ether oxygens (including phenoxy) is 1. The molecule has 23 heavy (non-hydrogen) atoms. The van der Waals surface area contributed by atoms with Crippen molar-refractivity contribution >= 4 is 11.8 Å². The van der Waals surface area contributed by atoms with Gasteiger partial charge >= 0.3 is 0 Å². The Morgan fingerprint density at radius 2 is 1.39 bits per heavy atom. The second-order valence-electron chi connectivity index (χ2n) is 4.85. The maximum atomic E-state index is 12.1. The van der Waals surface area contributed by atoms with Crippen LogP contribution in [0.4, 0.5) is 0 Å². The summed E-state index contributed by atoms with van der Waals surface area (Å²) in [6.07, 6.45) is 0. The van der Waals surface area contributed by atoms with Crippen molar-refractivity contribution in [1.82, 2.24) is 4.90 Å². The zero-order valence-corrected chi connectivity index (χ0v) is 12.5. The van der Waals surface area contributed by atoms with Crippen LogP contribution < -0.4 is 0 Å². The Labute approximate surface area is 135 Å². The number of carbonyl (C=O) groups is 2. The first-order valence-electron chi connectivity index (χ1n) is 7.09. The Balaban J connectivity index is 0.000000925. The first kappa shape index (κ1) is 16.5. The van der Waals surface area contributed by atoms with E-state index in [1.807, 2.05) is 30.3 Å². The molecule has 2 amide bonds. The van der Waals surface area contributed by atoms with Crippen molar-refractivity contribution in [2.24, 2.45) is 0 Å². The Morgan fingerprint density at radius 1 is 0.870 bits per heavy atom. The molecule has 2 aromatic rings. The van der Waals surface area contributed by atoms with Gasteiger partial charge in [0.15, 0.2) is 0 Å². The lowest BCUT2D eigenvalue weighted by atomic mass is 10.1. The predicted octanol–water partition coefficient (Wildman–Crippen LogP) is 3.34. The number of amides is 2. The van der Waals surface area contributed by atoms with Crippen LogP contribution in [0.1, 0.15) is 27.7 Å². The molecule has 0 saturated carbocycles. The molecule has 0 spiro atoms. The fraction of sp³-hybridized carbons (Fsp3) is 0.176. The van der Waals surface area contributed by atoms with Crippen LogP contribution in [0.2, 0.25) is 0 Å². The highest BCUT2D eigenvalue weighted by Crippen LogP contribution is 2.21. The molecule has 2 aromatic carbocycles. The lowest BCUT2D eigenvalue weighted by molar-refractivity contribution is 0.0545. The van der Waals surface area contributed by atoms with Crippen molar-refractivity contribution in [3.63, 3.8) is 0 Å². The summed E-state index contributed by atoms with van der Waals surface area (Å²) >= 11 is 0. The summed E-state index contributed by atoms with van der Waals surface area (Å²) in [6.45, 7) is 1.09. The van der Waals surface area contributed by atoms with Crippen molar-refractivity contribution in [1.29, 1.82) is 11.1 Å². The van der Waals surface area contributed by atoms with Gasteiger partial charge in [-0.25, -0.2) is 11.1 Å². The number of hydrogen-bond donors (Lipinski definition) is 2. The molecule has 1 aliphatic rings. The average Bonchev–Trinajstić information content (AvgIpc) is 2.86. The highest BCUT2D eigenvalue weighted by molar-refractivity contribution is 6.21. The van der Waals surface area contributed by atoms with Gasteiger partial charge in [-0.1, -0.05) is 42.5 Å². The number of nitrogens with one attached hydrogen (secondary N) is 2. The molecule has 0 unspecified atom stereocenters. The van der Waals surface area contributed by atoms with Gasteiger partial charge in [0.1, 0.15) is 0 Å². The van der Waals surface area contributed by atoms with Gasteiger partial charge < -0.3 is 4.74 Å². The summed E-state index contributed by atoms with van der Waals surface area (Å²) in [6, 6.07) is 16.7. The minimum atomic E-state index is -0.237. The van der Waals surface area contributed by atoms with Gasteiger partial charge in [0.2, 0.25) is 0 Å². The normalized spacial score (nSPS) is 12.6. The van der Waals surface area contributed by atoms with Crippen molar-refractivity contribution in [2.75, 3.05) is 13.2 Å². The molecule has 0 aliphatic carbocycles. The van der Waals surface area contributed by atoms with Gasteiger partial charge in [0.25, 0.3) is 11.8 Å². The monoisotopic (exact) mass is 313 g/mol. The Hall–Kier alpha value is -2.86. The molecular weight excluding hydrogens is 294 g/mol. The number of carbonyl (C=O) groups excluding carboxylic acids is 2. The predicted molar refractivity (Wildman–Crippen MR) is 85.5 cm³/mol. The van der Waals surface area contributed by atoms with E-state index in [9.17, 15) is 9.59 Å². The minimum Gasteiger partial charge on any atom is -0.375 e. The van der Waals surface area contributed by atoms with E-state index in [4.69, 9.17) is 15.8 Å². The van der Waals surface area contributed by atoms with Gasteiger partial charge in [-0.15, -0.1) is 0 Å². The van der Waals surface area contributed by atoms with E-state index in [0.717, 1.165) is 5.56 Å². The topological polar surface area (TPSA) is 94.3 Å². The third-order valence-corrected chi connectivity index (χ3v) is 3.45. The summed E-state index contributed by atoms with van der Waals surface area (Å²) in [7, 11) is 0. The van der Waals surface area contributed by atoms with Gasteiger partial charge in [0.05, 0.1) is 30.9 Å². The first-order chi connectivity index (χ1) is 11.3. The molecule has 120 valence electrons. The number of nitrogens with zero attached hydrogens (tertiary/aromatic N) is 1. The summed E-state index contributed by atoms with van der Waals surface area (Å²) in [5.74, 6) is -0.474. The number of imide groups is 1. The van der Waals surface area contributed by atoms with Crippen LogP contribution in [0.3, 0.4) is 0 Å². The van der Waals surface area contributed by atoms with E-state index in [1.165, 1.54) is 4.90 Å². The van der Waals surface area contributed by atoms with Crippen LogP contribution in [0.15, 0.2) is 54.6 Å². The van der Waals surface area contributed by atoms with E-state index in [0.29, 0.717) is 24.3 Å². The highest BCUT2D eigenvalue weighted by atomic mass is 16.5. The second-order valence-corrected chi connectivity index (χ2v) is 4.85. The molecule has 3 rings (SSSR count). The van der Waals surface area contributed by atoms with Crippen molar-refractivity contribution in [3.05, 3.63) is 71.3 Å². The van der Waals surface area contributed by atoms with Crippen LogP contribution in [0, 0.1) is 11.1 Å². The molecule has 6 nitrogen and oxygen atoms in total. The van der Waals surface area contributed by atoms with Crippen LogP contribution in [-0.2, 0) is 11.3 Å². The molecule has 6 heteroatoms. The number of hydrogen-bond acceptors (Lipinski definition) is 5. The molecule has 1 heterocycles. The van der Waals surface area contributed by atoms with E-state index in [1.54, 1.807) is 24.3 Å². The van der Waals surface area contributed by atoms with E-state index in [2.05, 4.69) is 0 Å². The van der Waals surface area contributed by atoms with Crippen LogP contribution in [-0.4, -0.2) is 29.9 Å². The first-order valence-corrected chi connectivity index (χ1v) is 7.09. The van der Waals surface area contributed by atoms with E-state index in [-0.39, 0.29) is 19.8 Å². The Morgan fingerprint density at radius 3 is 1.96 bits per heavy atom. The second kappa shape index (κ2) is 7.95. The third kappa shape index (κ3) is 3.67. The fourth-order valence-electron chi connectivity index (χ4n) is 2.36. The Kier molecular flexibility index (Phi) is 5.71. The highest BCUT2D eigenvalue weighted by Gasteiger charge is 2.34. The quantitative estimate of drug-likeness (QED) is 0.503. The van der Waals surface area contributed by atoms with Crippen molar-refractivity contribution < 1.29 is 15.8 Å². The molecule has 0 atom stereocenters. The largest absolute Gasteiger partial charge is 0.375 e. The molecule has 0 saturated heterocycles. The maximum absolute atomic E-state index is 12.1. The standard InChI is InChI=1S/C17H15NO3.H2N2.H2/c19-16-14-8-4-5-9-15(14)17(20)18(16)10-11-21-12-13-6-2-1-3-7-13;1-2;/h1-9H,10-12H2;1-2H;1H. The summed E-state index contributed by atoms with van der Waals surface area (Å²) in [5.41, 5.74) is 12.0. The summed E-state index contributed by atoms with van der Waals surface area (Å²) in [4.78, 5) is 25.5. The van der Waals surface area contributed by atoms with Gasteiger partial charge in [-0.2, -0.15) is 0 Å². The number of fused-ring (bicyclic) bond motifs is 1. The lowest BCUT2D eigenvalue weighted by Crippen LogP contribution is -2.33. The van der Waals surface area contributed by atoms with Crippen molar-refractivity contribution in [3.8, 4) is 0 Å². The minimum absolute atomic E-state index is 0. The zero-order valence-electron chi connectivity index (χ0n) is 12.5. The van der Waals surface area contributed by atoms with E-state index < -0.39 is 0 Å². The van der Waals surface area contributed by atoms with Crippen LogP contribution in [0.25, 0.3) is 0 Å². The molecular formula is C17H19N3O3. The lowest BCUT2D eigenvalue weighted by Gasteiger charge is -2.13. The van der Waals surface area contributed by atoms with E-state index >= 15 is 0 Å². The third-order valence-electron chi connectivity index (χ3n) is 3.45. The van der Waals surface area contributed by atoms with Crippen LogP contribution in [0.5, 0.6) is 0 Å². The molecule has 2 N–H and O–H groups in total.